The van der Waals surface area contributed by atoms with Gasteiger partial charge in [-0.1, -0.05) is 72.8 Å². The minimum Gasteiger partial charge on any atom is -0.469 e. The highest BCUT2D eigenvalue weighted by Gasteiger charge is 2.21. The largest absolute Gasteiger partial charge is 0.469 e. The smallest absolute Gasteiger partial charge is 0.322 e. The van der Waals surface area contributed by atoms with Crippen LogP contribution in [0.5, 0.6) is 11.8 Å². The first kappa shape index (κ1) is 25.6. The third-order valence-electron chi connectivity index (χ3n) is 6.30. The summed E-state index contributed by atoms with van der Waals surface area (Å²) in [7, 11) is 1.39. The molecule has 7 heteroatoms. The van der Waals surface area contributed by atoms with Crippen molar-refractivity contribution in [1.82, 2.24) is 15.0 Å². The van der Waals surface area contributed by atoms with Gasteiger partial charge in [-0.2, -0.15) is 4.98 Å². The van der Waals surface area contributed by atoms with Gasteiger partial charge in [0.15, 0.2) is 0 Å². The quantitative estimate of drug-likeness (QED) is 0.208. The van der Waals surface area contributed by atoms with Gasteiger partial charge in [-0.3, -0.25) is 4.79 Å². The molecule has 0 bridgehead atoms. The van der Waals surface area contributed by atoms with Crippen molar-refractivity contribution >= 4 is 11.8 Å². The van der Waals surface area contributed by atoms with Crippen LogP contribution in [-0.4, -0.2) is 28.0 Å². The van der Waals surface area contributed by atoms with Crippen LogP contribution in [0.25, 0.3) is 11.1 Å². The highest BCUT2D eigenvalue weighted by molar-refractivity contribution is 5.71. The predicted octanol–water partition coefficient (Wildman–Crippen LogP) is 6.64. The van der Waals surface area contributed by atoms with Gasteiger partial charge >= 0.3 is 12.0 Å². The number of rotatable bonds is 10. The summed E-state index contributed by atoms with van der Waals surface area (Å²) in [6.07, 6.45) is 3.55. The van der Waals surface area contributed by atoms with Crippen LogP contribution in [0, 0.1) is 0 Å². The van der Waals surface area contributed by atoms with E-state index in [1.165, 1.54) is 7.11 Å². The summed E-state index contributed by atoms with van der Waals surface area (Å²) in [5, 5.41) is 3.28. The van der Waals surface area contributed by atoms with Gasteiger partial charge in [-0.05, 0) is 52.6 Å². The monoisotopic (exact) mass is 516 g/mol. The molecule has 39 heavy (non-hydrogen) atoms. The zero-order valence-corrected chi connectivity index (χ0v) is 21.5. The van der Waals surface area contributed by atoms with E-state index in [2.05, 4.69) is 44.5 Å². The molecule has 1 atom stereocenters. The summed E-state index contributed by atoms with van der Waals surface area (Å²) in [6.45, 7) is 0.640. The van der Waals surface area contributed by atoms with E-state index in [9.17, 15) is 4.79 Å². The van der Waals surface area contributed by atoms with Crippen LogP contribution in [0.1, 0.15) is 29.2 Å². The number of aromatic nitrogens is 3. The second-order valence-corrected chi connectivity index (χ2v) is 8.90. The van der Waals surface area contributed by atoms with Crippen molar-refractivity contribution in [3.05, 3.63) is 132 Å². The summed E-state index contributed by atoms with van der Waals surface area (Å²) < 4.78 is 10.9. The van der Waals surface area contributed by atoms with Crippen LogP contribution in [0.3, 0.4) is 0 Å². The second kappa shape index (κ2) is 12.5. The maximum Gasteiger partial charge on any atom is 0.322 e. The van der Waals surface area contributed by atoms with Crippen molar-refractivity contribution < 1.29 is 14.3 Å². The molecule has 2 aromatic heterocycles. The SMILES string of the molecule is COC(=O)CC(c1ccc(-c2ccccc2)cc1)c1ccnc(Oc2ccc(CNc3ccccn3)cc2)n1. The van der Waals surface area contributed by atoms with E-state index >= 15 is 0 Å². The fourth-order valence-corrected chi connectivity index (χ4v) is 4.22. The third kappa shape index (κ3) is 6.84. The van der Waals surface area contributed by atoms with Crippen LogP contribution in [0.4, 0.5) is 5.82 Å². The first-order valence-electron chi connectivity index (χ1n) is 12.6. The van der Waals surface area contributed by atoms with Crippen LogP contribution >= 0.6 is 0 Å². The summed E-state index contributed by atoms with van der Waals surface area (Å²) in [5.41, 5.74) is 4.94. The molecule has 0 aliphatic rings. The third-order valence-corrected chi connectivity index (χ3v) is 6.30. The second-order valence-electron chi connectivity index (χ2n) is 8.90. The van der Waals surface area contributed by atoms with Crippen molar-refractivity contribution in [1.29, 1.82) is 0 Å². The highest BCUT2D eigenvalue weighted by Crippen LogP contribution is 2.30. The Kier molecular flexibility index (Phi) is 8.19. The molecule has 2 heterocycles. The fraction of sp³-hybridized carbons (Fsp3) is 0.125. The van der Waals surface area contributed by atoms with Crippen molar-refractivity contribution in [2.45, 2.75) is 18.9 Å². The summed E-state index contributed by atoms with van der Waals surface area (Å²) in [4.78, 5) is 25.5. The van der Waals surface area contributed by atoms with Gasteiger partial charge in [-0.15, -0.1) is 0 Å². The standard InChI is InChI=1S/C32H28N4O3/c1-38-31(37)21-28(26-14-12-25(13-15-26)24-7-3-2-4-8-24)29-18-20-34-32(36-29)39-27-16-10-23(11-17-27)22-35-30-9-5-6-19-33-30/h2-20,28H,21-22H2,1H3,(H,33,35). The Morgan fingerprint density at radius 1 is 0.795 bits per heavy atom. The van der Waals surface area contributed by atoms with Gasteiger partial charge in [0.2, 0.25) is 0 Å². The lowest BCUT2D eigenvalue weighted by Gasteiger charge is -2.17. The average Bonchev–Trinajstić information content (AvgIpc) is 3.00. The van der Waals surface area contributed by atoms with E-state index < -0.39 is 0 Å². The van der Waals surface area contributed by atoms with Crippen LogP contribution in [-0.2, 0) is 16.1 Å². The van der Waals surface area contributed by atoms with Crippen molar-refractivity contribution in [2.24, 2.45) is 0 Å². The maximum atomic E-state index is 12.3. The number of hydrogen-bond donors (Lipinski definition) is 1. The zero-order chi connectivity index (χ0) is 26.9. The lowest BCUT2D eigenvalue weighted by Crippen LogP contribution is -2.12. The van der Waals surface area contributed by atoms with Gasteiger partial charge in [-0.25, -0.2) is 9.97 Å². The van der Waals surface area contributed by atoms with E-state index in [0.29, 0.717) is 18.0 Å². The number of methoxy groups -OCH3 is 1. The number of carbonyl (C=O) groups excluding carboxylic acids is 1. The Bertz CT molecular complexity index is 1490. The normalized spacial score (nSPS) is 11.4. The van der Waals surface area contributed by atoms with Gasteiger partial charge in [0.05, 0.1) is 19.2 Å². The van der Waals surface area contributed by atoms with E-state index in [1.54, 1.807) is 18.5 Å². The number of anilines is 1. The lowest BCUT2D eigenvalue weighted by molar-refractivity contribution is -0.140. The molecule has 194 valence electrons. The average molecular weight is 517 g/mol. The molecule has 1 N–H and O–H groups in total. The Morgan fingerprint density at radius 2 is 1.54 bits per heavy atom. The molecular formula is C32H28N4O3. The first-order valence-corrected chi connectivity index (χ1v) is 12.6. The summed E-state index contributed by atoms with van der Waals surface area (Å²) >= 11 is 0. The summed E-state index contributed by atoms with van der Waals surface area (Å²) in [5.74, 6) is 0.806. The predicted molar refractivity (Wildman–Crippen MR) is 150 cm³/mol. The Balaban J connectivity index is 1.31. The minimum absolute atomic E-state index is 0.148. The van der Waals surface area contributed by atoms with Gasteiger partial charge < -0.3 is 14.8 Å². The maximum absolute atomic E-state index is 12.3. The van der Waals surface area contributed by atoms with Crippen LogP contribution in [0.2, 0.25) is 0 Å². The molecule has 5 aromatic rings. The van der Waals surface area contributed by atoms with Crippen LogP contribution in [0.15, 0.2) is 116 Å². The van der Waals surface area contributed by atoms with Gasteiger partial charge in [0.25, 0.3) is 0 Å². The van der Waals surface area contributed by atoms with E-state index in [0.717, 1.165) is 28.1 Å². The molecule has 1 unspecified atom stereocenters. The Hall–Kier alpha value is -5.04. The van der Waals surface area contributed by atoms with E-state index in [4.69, 9.17) is 9.47 Å². The highest BCUT2D eigenvalue weighted by atomic mass is 16.5. The number of hydrogen-bond acceptors (Lipinski definition) is 7. The zero-order valence-electron chi connectivity index (χ0n) is 21.5. The number of pyridine rings is 1. The van der Waals surface area contributed by atoms with Crippen molar-refractivity contribution in [3.8, 4) is 22.9 Å². The molecule has 0 aliphatic carbocycles. The van der Waals surface area contributed by atoms with Crippen LogP contribution < -0.4 is 10.1 Å². The molecule has 0 amide bonds. The number of carbonyl (C=O) groups is 1. The molecule has 0 aliphatic heterocycles. The van der Waals surface area contributed by atoms with Gasteiger partial charge in [0, 0.05) is 24.9 Å². The molecule has 0 saturated heterocycles. The number of nitrogens with one attached hydrogen (secondary N) is 1. The van der Waals surface area contributed by atoms with E-state index in [-0.39, 0.29) is 24.3 Å². The van der Waals surface area contributed by atoms with Crippen molar-refractivity contribution in [2.75, 3.05) is 12.4 Å². The molecule has 7 nitrogen and oxygen atoms in total. The topological polar surface area (TPSA) is 86.2 Å². The number of nitrogens with zero attached hydrogens (tertiary/aromatic N) is 3. The molecule has 3 aromatic carbocycles. The first-order chi connectivity index (χ1) is 19.2. The molecule has 0 fully saturated rings. The molecular weight excluding hydrogens is 488 g/mol. The fourth-order valence-electron chi connectivity index (χ4n) is 4.22. The number of esters is 1. The molecule has 0 saturated carbocycles. The lowest BCUT2D eigenvalue weighted by atomic mass is 9.91. The summed E-state index contributed by atoms with van der Waals surface area (Å²) in [6, 6.07) is 33.8. The molecule has 0 spiro atoms. The number of benzene rings is 3. The number of ether oxygens (including phenoxy) is 2. The minimum atomic E-state index is -0.317. The van der Waals surface area contributed by atoms with Gasteiger partial charge in [0.1, 0.15) is 11.6 Å². The molecule has 0 radical (unpaired) electrons. The van der Waals surface area contributed by atoms with Crippen molar-refractivity contribution in [3.63, 3.8) is 0 Å². The molecule has 5 rings (SSSR count). The Morgan fingerprint density at radius 3 is 2.26 bits per heavy atom. The Labute approximate surface area is 227 Å². The van der Waals surface area contributed by atoms with E-state index in [1.807, 2.05) is 72.8 Å².